The molecule has 2 N–H and O–H groups in total. The number of hydrogen-bond donors (Lipinski definition) is 1. The molecule has 0 aliphatic carbocycles. The fourth-order valence-corrected chi connectivity index (χ4v) is 3.06. The second-order valence-electron chi connectivity index (χ2n) is 6.16. The Morgan fingerprint density at radius 2 is 2.05 bits per heavy atom. The number of benzene rings is 1. The fraction of sp³-hybridized carbons (Fsp3) is 0.647. The largest absolute Gasteiger partial charge is 0.330 e. The van der Waals surface area contributed by atoms with E-state index in [1.165, 1.54) is 38.0 Å². The first-order valence-corrected chi connectivity index (χ1v) is 7.68. The van der Waals surface area contributed by atoms with Crippen LogP contribution in [0.1, 0.15) is 38.2 Å². The van der Waals surface area contributed by atoms with Crippen LogP contribution in [-0.2, 0) is 0 Å². The van der Waals surface area contributed by atoms with E-state index in [-0.39, 0.29) is 0 Å². The third-order valence-electron chi connectivity index (χ3n) is 4.75. The molecule has 0 aromatic heterocycles. The van der Waals surface area contributed by atoms with Gasteiger partial charge in [0.25, 0.3) is 0 Å². The lowest BCUT2D eigenvalue weighted by atomic mass is 9.87. The molecule has 1 aliphatic rings. The van der Waals surface area contributed by atoms with E-state index in [0.29, 0.717) is 11.8 Å². The summed E-state index contributed by atoms with van der Waals surface area (Å²) in [7, 11) is 0. The summed E-state index contributed by atoms with van der Waals surface area (Å²) in [6, 6.07) is 10.9. The Morgan fingerprint density at radius 3 is 2.74 bits per heavy atom. The maximum Gasteiger partial charge on any atom is 0.00243 e. The van der Waals surface area contributed by atoms with Gasteiger partial charge in [0.2, 0.25) is 0 Å². The lowest BCUT2D eigenvalue weighted by Crippen LogP contribution is -2.43. The van der Waals surface area contributed by atoms with Crippen LogP contribution < -0.4 is 5.73 Å². The quantitative estimate of drug-likeness (QED) is 0.881. The highest BCUT2D eigenvalue weighted by Gasteiger charge is 2.24. The zero-order valence-electron chi connectivity index (χ0n) is 12.4. The van der Waals surface area contributed by atoms with Gasteiger partial charge in [-0.15, -0.1) is 0 Å². The number of rotatable bonds is 5. The number of nitrogens with two attached hydrogens (primary N) is 1. The zero-order valence-corrected chi connectivity index (χ0v) is 12.4. The number of hydrogen-bond acceptors (Lipinski definition) is 2. The minimum absolute atomic E-state index is 0.650. The van der Waals surface area contributed by atoms with E-state index in [9.17, 15) is 0 Å². The summed E-state index contributed by atoms with van der Waals surface area (Å²) in [5.41, 5.74) is 7.34. The highest BCUT2D eigenvalue weighted by molar-refractivity contribution is 5.18. The van der Waals surface area contributed by atoms with Crippen molar-refractivity contribution in [2.75, 3.05) is 26.2 Å². The SMILES string of the molecule is CC(CCN1CCC(C)C(CN)C1)c1ccccc1. The molecule has 2 nitrogen and oxygen atoms in total. The summed E-state index contributed by atoms with van der Waals surface area (Å²) < 4.78 is 0. The van der Waals surface area contributed by atoms with E-state index >= 15 is 0 Å². The minimum atomic E-state index is 0.650. The average molecular weight is 260 g/mol. The molecule has 0 saturated carbocycles. The fourth-order valence-electron chi connectivity index (χ4n) is 3.06. The molecule has 1 aromatic rings. The predicted octanol–water partition coefficient (Wildman–Crippen LogP) is 3.10. The highest BCUT2D eigenvalue weighted by Crippen LogP contribution is 2.24. The molecule has 0 radical (unpaired) electrons. The highest BCUT2D eigenvalue weighted by atomic mass is 15.1. The Labute approximate surface area is 118 Å². The Kier molecular flexibility index (Phi) is 5.41. The van der Waals surface area contributed by atoms with E-state index in [4.69, 9.17) is 5.73 Å². The maximum absolute atomic E-state index is 5.88. The van der Waals surface area contributed by atoms with E-state index in [0.717, 1.165) is 12.5 Å². The van der Waals surface area contributed by atoms with Crippen molar-refractivity contribution >= 4 is 0 Å². The van der Waals surface area contributed by atoms with Crippen molar-refractivity contribution in [3.8, 4) is 0 Å². The van der Waals surface area contributed by atoms with Crippen LogP contribution >= 0.6 is 0 Å². The molecule has 1 aliphatic heterocycles. The molecule has 0 bridgehead atoms. The number of likely N-dealkylation sites (tertiary alicyclic amines) is 1. The Morgan fingerprint density at radius 1 is 1.32 bits per heavy atom. The van der Waals surface area contributed by atoms with Gasteiger partial charge in [0, 0.05) is 6.54 Å². The van der Waals surface area contributed by atoms with E-state index < -0.39 is 0 Å². The van der Waals surface area contributed by atoms with Crippen LogP contribution in [0.4, 0.5) is 0 Å². The van der Waals surface area contributed by atoms with E-state index in [2.05, 4.69) is 49.1 Å². The Hall–Kier alpha value is -0.860. The second kappa shape index (κ2) is 7.06. The van der Waals surface area contributed by atoms with Crippen LogP contribution in [0.5, 0.6) is 0 Å². The van der Waals surface area contributed by atoms with Gasteiger partial charge in [-0.05, 0) is 55.8 Å². The van der Waals surface area contributed by atoms with Crippen LogP contribution in [0, 0.1) is 11.8 Å². The lowest BCUT2D eigenvalue weighted by molar-refractivity contribution is 0.129. The summed E-state index contributed by atoms with van der Waals surface area (Å²) >= 11 is 0. The summed E-state index contributed by atoms with van der Waals surface area (Å²) in [6.07, 6.45) is 2.55. The third kappa shape index (κ3) is 4.05. The smallest absolute Gasteiger partial charge is 0.00243 e. The summed E-state index contributed by atoms with van der Waals surface area (Å²) in [5.74, 6) is 2.14. The first kappa shape index (κ1) is 14.5. The molecular weight excluding hydrogens is 232 g/mol. The third-order valence-corrected chi connectivity index (χ3v) is 4.75. The minimum Gasteiger partial charge on any atom is -0.330 e. The molecule has 3 atom stereocenters. The van der Waals surface area contributed by atoms with Crippen molar-refractivity contribution < 1.29 is 0 Å². The van der Waals surface area contributed by atoms with Gasteiger partial charge >= 0.3 is 0 Å². The van der Waals surface area contributed by atoms with Gasteiger partial charge in [0.15, 0.2) is 0 Å². The zero-order chi connectivity index (χ0) is 13.7. The van der Waals surface area contributed by atoms with Crippen molar-refractivity contribution in [2.24, 2.45) is 17.6 Å². The maximum atomic E-state index is 5.88. The number of piperidine rings is 1. The first-order chi connectivity index (χ1) is 9.20. The molecule has 1 aromatic carbocycles. The Bertz CT molecular complexity index is 363. The normalized spacial score (nSPS) is 26.3. The first-order valence-electron chi connectivity index (χ1n) is 7.68. The van der Waals surface area contributed by atoms with Gasteiger partial charge in [0.1, 0.15) is 0 Å². The molecule has 3 unspecified atom stereocenters. The van der Waals surface area contributed by atoms with Gasteiger partial charge in [-0.2, -0.15) is 0 Å². The van der Waals surface area contributed by atoms with Crippen molar-refractivity contribution in [1.29, 1.82) is 0 Å². The van der Waals surface area contributed by atoms with Crippen molar-refractivity contribution in [3.05, 3.63) is 35.9 Å². The summed E-state index contributed by atoms with van der Waals surface area (Å²) in [4.78, 5) is 2.61. The van der Waals surface area contributed by atoms with Crippen LogP contribution in [-0.4, -0.2) is 31.1 Å². The van der Waals surface area contributed by atoms with E-state index in [1.54, 1.807) is 0 Å². The predicted molar refractivity (Wildman–Crippen MR) is 82.2 cm³/mol. The second-order valence-corrected chi connectivity index (χ2v) is 6.16. The van der Waals surface area contributed by atoms with E-state index in [1.807, 2.05) is 0 Å². The van der Waals surface area contributed by atoms with Crippen LogP contribution in [0.3, 0.4) is 0 Å². The van der Waals surface area contributed by atoms with Crippen molar-refractivity contribution in [3.63, 3.8) is 0 Å². The molecule has 0 amide bonds. The van der Waals surface area contributed by atoms with Crippen molar-refractivity contribution in [1.82, 2.24) is 4.90 Å². The molecule has 1 heterocycles. The molecule has 19 heavy (non-hydrogen) atoms. The molecule has 2 heteroatoms. The Balaban J connectivity index is 1.79. The molecule has 2 rings (SSSR count). The topological polar surface area (TPSA) is 29.3 Å². The van der Waals surface area contributed by atoms with Gasteiger partial charge in [-0.1, -0.05) is 44.2 Å². The lowest BCUT2D eigenvalue weighted by Gasteiger charge is -2.37. The summed E-state index contributed by atoms with van der Waals surface area (Å²) in [5, 5.41) is 0. The summed E-state index contributed by atoms with van der Waals surface area (Å²) in [6.45, 7) is 9.17. The standard InChI is InChI=1S/C17H28N2/c1-14(16-6-4-3-5-7-16)8-10-19-11-9-15(2)17(12-18)13-19/h3-7,14-15,17H,8-13,18H2,1-2H3. The van der Waals surface area contributed by atoms with Crippen LogP contribution in [0.15, 0.2) is 30.3 Å². The van der Waals surface area contributed by atoms with Gasteiger partial charge in [0.05, 0.1) is 0 Å². The monoisotopic (exact) mass is 260 g/mol. The molecule has 1 saturated heterocycles. The molecule has 106 valence electrons. The molecule has 0 spiro atoms. The van der Waals surface area contributed by atoms with Crippen LogP contribution in [0.25, 0.3) is 0 Å². The molecular formula is C17H28N2. The number of nitrogens with zero attached hydrogens (tertiary/aromatic N) is 1. The van der Waals surface area contributed by atoms with Gasteiger partial charge in [-0.25, -0.2) is 0 Å². The molecule has 1 fully saturated rings. The van der Waals surface area contributed by atoms with Crippen molar-refractivity contribution in [2.45, 2.75) is 32.6 Å². The van der Waals surface area contributed by atoms with Gasteiger partial charge in [-0.3, -0.25) is 0 Å². The average Bonchev–Trinajstić information content (AvgIpc) is 2.47. The van der Waals surface area contributed by atoms with Gasteiger partial charge < -0.3 is 10.6 Å². The van der Waals surface area contributed by atoms with Crippen LogP contribution in [0.2, 0.25) is 0 Å².